The highest BCUT2D eigenvalue weighted by Gasteiger charge is 2.33. The van der Waals surface area contributed by atoms with Gasteiger partial charge in [-0.05, 0) is 67.0 Å². The van der Waals surface area contributed by atoms with Crippen LogP contribution in [0, 0.1) is 20.8 Å². The van der Waals surface area contributed by atoms with Crippen molar-refractivity contribution in [3.05, 3.63) is 84.2 Å². The number of thioether (sulfide) groups is 1. The van der Waals surface area contributed by atoms with Gasteiger partial charge in [-0.25, -0.2) is 41.1 Å². The van der Waals surface area contributed by atoms with Gasteiger partial charge in [0.1, 0.15) is 26.2 Å². The normalized spacial score (nSPS) is 12.4. The smallest absolute Gasteiger partial charge is 0.269 e. The summed E-state index contributed by atoms with van der Waals surface area (Å²) in [6.45, 7) is 11.8. The van der Waals surface area contributed by atoms with E-state index in [-0.39, 0.29) is 60.0 Å². The van der Waals surface area contributed by atoms with E-state index in [1.807, 2.05) is 0 Å². The zero-order valence-corrected chi connectivity index (χ0v) is 42.0. The molecular weight excluding hydrogens is 1020 g/mol. The fourth-order valence-corrected chi connectivity index (χ4v) is 10.4. The van der Waals surface area contributed by atoms with Gasteiger partial charge in [-0.1, -0.05) is 83.3 Å². The van der Waals surface area contributed by atoms with Crippen molar-refractivity contribution in [2.24, 2.45) is 5.73 Å². The van der Waals surface area contributed by atoms with Gasteiger partial charge in [-0.3, -0.25) is 4.72 Å². The number of halogens is 5. The molecule has 1 atom stereocenters. The fraction of sp³-hybridized carbons (Fsp3) is 0.371. The number of benzene rings is 2. The van der Waals surface area contributed by atoms with E-state index in [2.05, 4.69) is 70.4 Å². The average molecular weight is 1060 g/mol. The van der Waals surface area contributed by atoms with Crippen molar-refractivity contribution in [3.63, 3.8) is 0 Å². The molecule has 0 radical (unpaired) electrons. The second kappa shape index (κ2) is 21.6. The van der Waals surface area contributed by atoms with Crippen LogP contribution in [0.25, 0.3) is 0 Å². The molecule has 61 heavy (non-hydrogen) atoms. The van der Waals surface area contributed by atoms with Crippen molar-refractivity contribution >= 4 is 114 Å². The molecule has 0 amide bonds. The van der Waals surface area contributed by atoms with E-state index in [1.165, 1.54) is 62.4 Å². The topological polar surface area (TPSA) is 228 Å². The number of ether oxygens (including phenoxy) is 3. The molecule has 0 saturated carbocycles. The summed E-state index contributed by atoms with van der Waals surface area (Å²) in [7, 11) is -6.89. The second-order valence-electron chi connectivity index (χ2n) is 13.9. The summed E-state index contributed by atoms with van der Waals surface area (Å²) < 4.78 is 77.8. The number of anilines is 2. The molecule has 0 aliphatic rings. The molecule has 3 N–H and O–H groups in total. The highest BCUT2D eigenvalue weighted by Crippen LogP contribution is 2.37. The maximum absolute atomic E-state index is 13.5. The Morgan fingerprint density at radius 2 is 1.48 bits per heavy atom. The lowest BCUT2D eigenvalue weighted by molar-refractivity contribution is 0.155. The van der Waals surface area contributed by atoms with Crippen molar-refractivity contribution in [1.29, 1.82) is 0 Å². The number of aromatic nitrogens is 6. The van der Waals surface area contributed by atoms with E-state index >= 15 is 0 Å². The zero-order valence-electron chi connectivity index (χ0n) is 34.0. The van der Waals surface area contributed by atoms with Gasteiger partial charge < -0.3 is 24.5 Å². The zero-order chi connectivity index (χ0) is 45.4. The van der Waals surface area contributed by atoms with Crippen LogP contribution in [0.3, 0.4) is 0 Å². The van der Waals surface area contributed by atoms with Gasteiger partial charge in [0.05, 0.1) is 51.7 Å². The largest absolute Gasteiger partial charge is 0.478 e. The van der Waals surface area contributed by atoms with Crippen LogP contribution in [0.2, 0.25) is 45.8 Å². The standard InChI is InChI=1S/C18H24BrCl2N3O4SSi.C17H18Cl2N6O4S2/c1-12-16(19)23-18(27-2)17(22-12)24(11-28-9-10-30(3,4)5)29(25,26)14-8-6-7-13(20)15(14)21;1-8-17(30-7-11(20)15-22-9(2)24-29-15)23-16(28-3)14(21-8)25-31(26,27)12-6-4-5-10(18)13(12)19/h6-8H,9-11H2,1-5H3;4-6,11H,7,20H2,1-3H3,(H,21,25)/t;11-/m.0/s1. The minimum Gasteiger partial charge on any atom is -0.478 e. The van der Waals surface area contributed by atoms with Crippen molar-refractivity contribution in [1.82, 2.24) is 30.1 Å². The van der Waals surface area contributed by atoms with Crippen LogP contribution < -0.4 is 24.2 Å². The SMILES string of the molecule is COc1nc(Br)c(C)nc1N(COCC[Si](C)(C)C)S(=O)(=O)c1cccc(Cl)c1Cl.COc1nc(SC[C@H](N)c2nc(C)no2)c(C)nc1NS(=O)(=O)c1cccc(Cl)c1Cl. The number of aryl methyl sites for hydroxylation is 3. The van der Waals surface area contributed by atoms with Crippen molar-refractivity contribution < 1.29 is 35.6 Å². The summed E-state index contributed by atoms with van der Waals surface area (Å²) in [5.41, 5.74) is 7.03. The number of methoxy groups -OCH3 is 2. The molecular formula is C35H42BrCl4N9O8S3Si. The Kier molecular flexibility index (Phi) is 17.9. The van der Waals surface area contributed by atoms with Gasteiger partial charge >= 0.3 is 0 Å². The predicted octanol–water partition coefficient (Wildman–Crippen LogP) is 8.76. The number of hydrogen-bond acceptors (Lipinski definition) is 16. The molecule has 2 aromatic carbocycles. The van der Waals surface area contributed by atoms with E-state index < -0.39 is 34.2 Å². The lowest BCUT2D eigenvalue weighted by Crippen LogP contribution is -2.35. The van der Waals surface area contributed by atoms with Crippen LogP contribution in [-0.2, 0) is 24.8 Å². The molecule has 17 nitrogen and oxygen atoms in total. The van der Waals surface area contributed by atoms with E-state index in [1.54, 1.807) is 20.8 Å². The first-order valence-corrected chi connectivity index (χ1v) is 27.6. The molecule has 0 spiro atoms. The van der Waals surface area contributed by atoms with Crippen LogP contribution in [0.15, 0.2) is 60.3 Å². The molecule has 0 aliphatic carbocycles. The molecule has 332 valence electrons. The van der Waals surface area contributed by atoms with Crippen LogP contribution in [0.1, 0.15) is 29.1 Å². The quantitative estimate of drug-likeness (QED) is 0.0384. The Morgan fingerprint density at radius 3 is 2.05 bits per heavy atom. The lowest BCUT2D eigenvalue weighted by Gasteiger charge is -2.26. The summed E-state index contributed by atoms with van der Waals surface area (Å²) in [5, 5.41) is 4.28. The second-order valence-corrected chi connectivity index (χ2v) is 26.3. The number of nitrogens with one attached hydrogen (secondary N) is 1. The van der Waals surface area contributed by atoms with Crippen LogP contribution in [0.5, 0.6) is 11.8 Å². The Labute approximate surface area is 388 Å². The Hall–Kier alpha value is -3.03. The van der Waals surface area contributed by atoms with Gasteiger partial charge in [-0.15, -0.1) is 11.8 Å². The highest BCUT2D eigenvalue weighted by atomic mass is 79.9. The van der Waals surface area contributed by atoms with Gasteiger partial charge in [-0.2, -0.15) is 4.98 Å². The highest BCUT2D eigenvalue weighted by molar-refractivity contribution is 9.10. The molecule has 0 fully saturated rings. The van der Waals surface area contributed by atoms with Crippen molar-refractivity contribution in [3.8, 4) is 11.8 Å². The number of rotatable bonds is 17. The third-order valence-electron chi connectivity index (χ3n) is 7.97. The number of sulfonamides is 2. The van der Waals surface area contributed by atoms with Crippen molar-refractivity contribution in [2.75, 3.05) is 42.3 Å². The Balaban J connectivity index is 0.000000269. The summed E-state index contributed by atoms with van der Waals surface area (Å²) in [4.78, 5) is 21.0. The van der Waals surface area contributed by atoms with Crippen molar-refractivity contribution in [2.45, 2.75) is 67.3 Å². The summed E-state index contributed by atoms with van der Waals surface area (Å²) in [6, 6.07) is 9.06. The monoisotopic (exact) mass is 1060 g/mol. The van der Waals surface area contributed by atoms with E-state index in [0.29, 0.717) is 45.1 Å². The van der Waals surface area contributed by atoms with Gasteiger partial charge in [0.15, 0.2) is 5.82 Å². The number of hydrogen-bond donors (Lipinski definition) is 2. The first-order valence-electron chi connectivity index (χ1n) is 17.7. The van der Waals surface area contributed by atoms with E-state index in [9.17, 15) is 16.8 Å². The van der Waals surface area contributed by atoms with Gasteiger partial charge in [0.2, 0.25) is 17.5 Å². The molecule has 0 bridgehead atoms. The molecule has 26 heteroatoms. The average Bonchev–Trinajstić information content (AvgIpc) is 3.63. The molecule has 0 saturated heterocycles. The summed E-state index contributed by atoms with van der Waals surface area (Å²) in [5.74, 6) is 1.11. The van der Waals surface area contributed by atoms with Crippen LogP contribution >= 0.6 is 74.1 Å². The van der Waals surface area contributed by atoms with Gasteiger partial charge in [0.25, 0.3) is 31.8 Å². The molecule has 5 rings (SSSR count). The lowest BCUT2D eigenvalue weighted by atomic mass is 10.4. The molecule has 3 heterocycles. The first kappa shape index (κ1) is 50.6. The number of nitrogens with two attached hydrogens (primary N) is 1. The van der Waals surface area contributed by atoms with Crippen LogP contribution in [0.4, 0.5) is 11.6 Å². The summed E-state index contributed by atoms with van der Waals surface area (Å²) >= 11 is 28.8. The molecule has 3 aromatic heterocycles. The third-order valence-corrected chi connectivity index (χ3v) is 16.6. The summed E-state index contributed by atoms with van der Waals surface area (Å²) in [6.07, 6.45) is 0. The van der Waals surface area contributed by atoms with Gasteiger partial charge in [0, 0.05) is 20.4 Å². The Morgan fingerprint density at radius 1 is 0.869 bits per heavy atom. The first-order chi connectivity index (χ1) is 28.5. The molecule has 5 aromatic rings. The number of nitrogens with zero attached hydrogens (tertiary/aromatic N) is 7. The fourth-order valence-electron chi connectivity index (χ4n) is 4.76. The van der Waals surface area contributed by atoms with E-state index in [0.717, 1.165) is 10.3 Å². The maximum Gasteiger partial charge on any atom is 0.269 e. The van der Waals surface area contributed by atoms with E-state index in [4.69, 9.17) is 70.9 Å². The third kappa shape index (κ3) is 13.3. The van der Waals surface area contributed by atoms with Crippen LogP contribution in [-0.4, -0.2) is 88.3 Å². The molecule has 0 aliphatic heterocycles. The Bertz CT molecular complexity index is 2580. The predicted molar refractivity (Wildman–Crippen MR) is 243 cm³/mol. The maximum atomic E-state index is 13.5. The minimum absolute atomic E-state index is 0.00208. The minimum atomic E-state index is -4.18. The molecule has 0 unspecified atom stereocenters.